The van der Waals surface area contributed by atoms with Gasteiger partial charge in [0.15, 0.2) is 0 Å². The fraction of sp³-hybridized carbons (Fsp3) is 0.400. The molecule has 3 heterocycles. The van der Waals surface area contributed by atoms with Crippen LogP contribution in [0.4, 0.5) is 0 Å². The zero-order valence-electron chi connectivity index (χ0n) is 12.1. The zero-order valence-corrected chi connectivity index (χ0v) is 12.1. The lowest BCUT2D eigenvalue weighted by Crippen LogP contribution is -2.24. The van der Waals surface area contributed by atoms with Crippen LogP contribution in [0.15, 0.2) is 30.7 Å². The van der Waals surface area contributed by atoms with Crippen molar-refractivity contribution < 1.29 is 9.53 Å². The van der Waals surface area contributed by atoms with E-state index >= 15 is 0 Å². The Kier molecular flexibility index (Phi) is 4.65. The molecular formula is C15H17N5O2. The predicted octanol–water partition coefficient (Wildman–Crippen LogP) is 1.09. The molecule has 0 aliphatic carbocycles. The van der Waals surface area contributed by atoms with Crippen LogP contribution in [0.1, 0.15) is 40.6 Å². The van der Waals surface area contributed by atoms with Gasteiger partial charge < -0.3 is 10.1 Å². The smallest absolute Gasteiger partial charge is 0.253 e. The molecule has 2 aromatic heterocycles. The van der Waals surface area contributed by atoms with Gasteiger partial charge in [0.1, 0.15) is 5.82 Å². The predicted molar refractivity (Wildman–Crippen MR) is 78.0 cm³/mol. The van der Waals surface area contributed by atoms with Crippen LogP contribution >= 0.6 is 0 Å². The van der Waals surface area contributed by atoms with Gasteiger partial charge in [-0.15, -0.1) is 0 Å². The Hall–Kier alpha value is -2.41. The second kappa shape index (κ2) is 7.04. The minimum Gasteiger partial charge on any atom is -0.381 e. The standard InChI is InChI=1S/C15H17N5O2/c21-15(11-3-6-18-19-8-11)17-9-13-4-5-16-14(20-13)12-2-1-7-22-10-12/h3-6,8,12H,1-2,7,9-10H2,(H,17,21)/t12-/m0/s1. The first-order chi connectivity index (χ1) is 10.8. The van der Waals surface area contributed by atoms with Crippen LogP contribution in [0, 0.1) is 0 Å². The van der Waals surface area contributed by atoms with Gasteiger partial charge in [-0.25, -0.2) is 9.97 Å². The number of rotatable bonds is 4. The molecule has 1 atom stereocenters. The van der Waals surface area contributed by atoms with Crippen LogP contribution in [-0.2, 0) is 11.3 Å². The van der Waals surface area contributed by atoms with Crippen molar-refractivity contribution in [1.29, 1.82) is 0 Å². The number of amides is 1. The van der Waals surface area contributed by atoms with Crippen LogP contribution in [0.3, 0.4) is 0 Å². The molecule has 0 radical (unpaired) electrons. The highest BCUT2D eigenvalue weighted by molar-refractivity contribution is 5.93. The summed E-state index contributed by atoms with van der Waals surface area (Å²) < 4.78 is 5.47. The third-order valence-corrected chi connectivity index (χ3v) is 3.53. The number of ether oxygens (including phenoxy) is 1. The Bertz CT molecular complexity index is 629. The summed E-state index contributed by atoms with van der Waals surface area (Å²) in [5.41, 5.74) is 1.26. The summed E-state index contributed by atoms with van der Waals surface area (Å²) in [6, 6.07) is 3.42. The van der Waals surface area contributed by atoms with Crippen LogP contribution in [0.5, 0.6) is 0 Å². The summed E-state index contributed by atoms with van der Waals surface area (Å²) in [6.07, 6.45) is 6.72. The highest BCUT2D eigenvalue weighted by Gasteiger charge is 2.18. The van der Waals surface area contributed by atoms with Crippen molar-refractivity contribution in [1.82, 2.24) is 25.5 Å². The number of nitrogens with zero attached hydrogens (tertiary/aromatic N) is 4. The summed E-state index contributed by atoms with van der Waals surface area (Å²) in [5.74, 6) is 0.835. The van der Waals surface area contributed by atoms with E-state index in [2.05, 4.69) is 25.5 Å². The van der Waals surface area contributed by atoms with Gasteiger partial charge in [-0.2, -0.15) is 10.2 Å². The number of nitrogens with one attached hydrogen (secondary N) is 1. The number of carbonyl (C=O) groups excluding carboxylic acids is 1. The van der Waals surface area contributed by atoms with Gasteiger partial charge in [0.2, 0.25) is 0 Å². The van der Waals surface area contributed by atoms with E-state index in [0.717, 1.165) is 31.0 Å². The lowest BCUT2D eigenvalue weighted by Gasteiger charge is -2.20. The molecule has 114 valence electrons. The molecule has 1 saturated heterocycles. The van der Waals surface area contributed by atoms with E-state index in [0.29, 0.717) is 18.7 Å². The van der Waals surface area contributed by atoms with Crippen molar-refractivity contribution in [2.24, 2.45) is 0 Å². The molecule has 0 unspecified atom stereocenters. The van der Waals surface area contributed by atoms with Gasteiger partial charge in [-0.05, 0) is 25.0 Å². The van der Waals surface area contributed by atoms with Gasteiger partial charge >= 0.3 is 0 Å². The number of hydrogen-bond acceptors (Lipinski definition) is 6. The normalized spacial score (nSPS) is 17.9. The molecular weight excluding hydrogens is 282 g/mol. The lowest BCUT2D eigenvalue weighted by molar-refractivity contribution is 0.0779. The fourth-order valence-corrected chi connectivity index (χ4v) is 2.35. The molecule has 1 aliphatic rings. The quantitative estimate of drug-likeness (QED) is 0.909. The lowest BCUT2D eigenvalue weighted by atomic mass is 10.0. The molecule has 1 aliphatic heterocycles. The maximum atomic E-state index is 12.0. The first kappa shape index (κ1) is 14.5. The van der Waals surface area contributed by atoms with E-state index in [1.807, 2.05) is 0 Å². The fourth-order valence-electron chi connectivity index (χ4n) is 2.35. The van der Waals surface area contributed by atoms with Crippen LogP contribution in [0.25, 0.3) is 0 Å². The summed E-state index contributed by atoms with van der Waals surface area (Å²) in [4.78, 5) is 20.8. The van der Waals surface area contributed by atoms with Gasteiger partial charge in [0.05, 0.1) is 36.8 Å². The molecule has 22 heavy (non-hydrogen) atoms. The van der Waals surface area contributed by atoms with Gasteiger partial charge in [-0.1, -0.05) is 0 Å². The summed E-state index contributed by atoms with van der Waals surface area (Å²) in [7, 11) is 0. The molecule has 1 N–H and O–H groups in total. The first-order valence-corrected chi connectivity index (χ1v) is 7.27. The first-order valence-electron chi connectivity index (χ1n) is 7.27. The highest BCUT2D eigenvalue weighted by atomic mass is 16.5. The van der Waals surface area contributed by atoms with Crippen LogP contribution in [-0.4, -0.2) is 39.3 Å². The number of hydrogen-bond donors (Lipinski definition) is 1. The Morgan fingerprint density at radius 2 is 2.27 bits per heavy atom. The van der Waals surface area contributed by atoms with E-state index in [1.165, 1.54) is 12.4 Å². The summed E-state index contributed by atoms with van der Waals surface area (Å²) in [5, 5.41) is 10.1. The monoisotopic (exact) mass is 299 g/mol. The number of carbonyl (C=O) groups is 1. The minimum atomic E-state index is -0.198. The molecule has 0 saturated carbocycles. The van der Waals surface area contributed by atoms with Gasteiger partial charge in [0, 0.05) is 18.7 Å². The van der Waals surface area contributed by atoms with Crippen molar-refractivity contribution >= 4 is 5.91 Å². The van der Waals surface area contributed by atoms with E-state index in [9.17, 15) is 4.79 Å². The maximum absolute atomic E-state index is 12.0. The van der Waals surface area contributed by atoms with E-state index in [-0.39, 0.29) is 11.8 Å². The third-order valence-electron chi connectivity index (χ3n) is 3.53. The Balaban J connectivity index is 1.62. The Morgan fingerprint density at radius 1 is 1.32 bits per heavy atom. The van der Waals surface area contributed by atoms with Crippen LogP contribution < -0.4 is 5.32 Å². The molecule has 0 bridgehead atoms. The van der Waals surface area contributed by atoms with Crippen molar-refractivity contribution in [2.45, 2.75) is 25.3 Å². The molecule has 0 spiro atoms. The van der Waals surface area contributed by atoms with E-state index in [4.69, 9.17) is 4.74 Å². The highest BCUT2D eigenvalue weighted by Crippen LogP contribution is 2.22. The molecule has 2 aromatic rings. The Labute approximate surface area is 128 Å². The van der Waals surface area contributed by atoms with Gasteiger partial charge in [0.25, 0.3) is 5.91 Å². The number of aromatic nitrogens is 4. The van der Waals surface area contributed by atoms with Crippen molar-refractivity contribution in [2.75, 3.05) is 13.2 Å². The van der Waals surface area contributed by atoms with Crippen LogP contribution in [0.2, 0.25) is 0 Å². The molecule has 1 fully saturated rings. The SMILES string of the molecule is O=C(NCc1ccnc([C@H]2CCCOC2)n1)c1ccnnc1. The average Bonchev–Trinajstić information content (AvgIpc) is 2.61. The second-order valence-electron chi connectivity index (χ2n) is 5.13. The maximum Gasteiger partial charge on any atom is 0.253 e. The van der Waals surface area contributed by atoms with Crippen molar-refractivity contribution in [3.05, 3.63) is 47.8 Å². The molecule has 3 rings (SSSR count). The molecule has 7 nitrogen and oxygen atoms in total. The Morgan fingerprint density at radius 3 is 3.05 bits per heavy atom. The molecule has 7 heteroatoms. The zero-order chi connectivity index (χ0) is 15.2. The van der Waals surface area contributed by atoms with Crippen molar-refractivity contribution in [3.63, 3.8) is 0 Å². The molecule has 1 amide bonds. The van der Waals surface area contributed by atoms with Crippen molar-refractivity contribution in [3.8, 4) is 0 Å². The van der Waals surface area contributed by atoms with E-state index < -0.39 is 0 Å². The van der Waals surface area contributed by atoms with Gasteiger partial charge in [-0.3, -0.25) is 4.79 Å². The largest absolute Gasteiger partial charge is 0.381 e. The third kappa shape index (κ3) is 3.62. The second-order valence-corrected chi connectivity index (χ2v) is 5.13. The van der Waals surface area contributed by atoms with E-state index in [1.54, 1.807) is 18.3 Å². The summed E-state index contributed by atoms with van der Waals surface area (Å²) in [6.45, 7) is 1.83. The minimum absolute atomic E-state index is 0.198. The molecule has 0 aromatic carbocycles. The topological polar surface area (TPSA) is 89.9 Å². The average molecular weight is 299 g/mol. The summed E-state index contributed by atoms with van der Waals surface area (Å²) >= 11 is 0.